The van der Waals surface area contributed by atoms with Gasteiger partial charge in [0, 0.05) is 36.0 Å². The lowest BCUT2D eigenvalue weighted by Crippen LogP contribution is -2.31. The van der Waals surface area contributed by atoms with Crippen LogP contribution in [-0.2, 0) is 4.79 Å². The number of amides is 3. The number of carbonyl (C=O) groups excluding carboxylic acids is 3. The van der Waals surface area contributed by atoms with E-state index in [9.17, 15) is 28.9 Å². The zero-order valence-electron chi connectivity index (χ0n) is 17.8. The Morgan fingerprint density at radius 2 is 1.86 bits per heavy atom. The zero-order chi connectivity index (χ0) is 24.7. The van der Waals surface area contributed by atoms with Crippen molar-refractivity contribution in [3.63, 3.8) is 0 Å². The van der Waals surface area contributed by atoms with Crippen LogP contribution in [0.5, 0.6) is 0 Å². The smallest absolute Gasteiger partial charge is 0.270 e. The number of non-ortho nitro benzene ring substituents is 1. The first-order valence-corrected chi connectivity index (χ1v) is 11.2. The molecule has 0 unspecified atom stereocenters. The van der Waals surface area contributed by atoms with Crippen molar-refractivity contribution in [2.45, 2.75) is 12.8 Å². The average molecular weight is 494 g/mol. The number of nitrogens with one attached hydrogen (secondary N) is 1. The molecule has 0 saturated carbocycles. The minimum Gasteiger partial charge on any atom is -0.293 e. The zero-order valence-corrected chi connectivity index (χ0v) is 18.6. The highest BCUT2D eigenvalue weighted by atomic mass is 32.1. The van der Waals surface area contributed by atoms with E-state index in [0.29, 0.717) is 10.7 Å². The summed E-state index contributed by atoms with van der Waals surface area (Å²) in [6, 6.07) is 9.44. The van der Waals surface area contributed by atoms with Gasteiger partial charge in [-0.1, -0.05) is 0 Å². The third kappa shape index (κ3) is 4.12. The van der Waals surface area contributed by atoms with E-state index in [4.69, 9.17) is 0 Å². The summed E-state index contributed by atoms with van der Waals surface area (Å²) in [5.41, 5.74) is 1.24. The van der Waals surface area contributed by atoms with Gasteiger partial charge >= 0.3 is 0 Å². The van der Waals surface area contributed by atoms with E-state index in [2.05, 4.69) is 15.4 Å². The molecular weight excluding hydrogens is 479 g/mol. The van der Waals surface area contributed by atoms with Crippen LogP contribution < -0.4 is 5.32 Å². The number of rotatable bonds is 7. The molecule has 0 saturated heterocycles. The van der Waals surface area contributed by atoms with Crippen LogP contribution in [0.3, 0.4) is 0 Å². The molecule has 1 N–H and O–H groups in total. The monoisotopic (exact) mass is 494 g/mol. The van der Waals surface area contributed by atoms with E-state index >= 15 is 0 Å². The van der Waals surface area contributed by atoms with Crippen LogP contribution in [0.25, 0.3) is 16.2 Å². The van der Waals surface area contributed by atoms with Crippen molar-refractivity contribution < 1.29 is 23.7 Å². The summed E-state index contributed by atoms with van der Waals surface area (Å²) in [6.45, 7) is -0.0199. The van der Waals surface area contributed by atoms with Gasteiger partial charge in [0.2, 0.25) is 16.8 Å². The third-order valence-electron chi connectivity index (χ3n) is 5.42. The van der Waals surface area contributed by atoms with Crippen molar-refractivity contribution in [1.29, 1.82) is 0 Å². The molecule has 13 heteroatoms. The summed E-state index contributed by atoms with van der Waals surface area (Å²) in [4.78, 5) is 53.5. The number of benzene rings is 2. The van der Waals surface area contributed by atoms with Crippen molar-refractivity contribution in [3.05, 3.63) is 74.9 Å². The highest BCUT2D eigenvalue weighted by Gasteiger charge is 2.36. The first kappa shape index (κ1) is 22.3. The Morgan fingerprint density at radius 1 is 1.11 bits per heavy atom. The molecule has 1 aliphatic heterocycles. The number of nitro benzene ring substituents is 1. The fraction of sp³-hybridized carbons (Fsp3) is 0.136. The Kier molecular flexibility index (Phi) is 5.53. The normalized spacial score (nSPS) is 12.9. The minimum absolute atomic E-state index is 0.00870. The maximum atomic E-state index is 13.2. The molecular formula is C22H15FN6O5S. The molecule has 5 rings (SSSR count). The quantitative estimate of drug-likeness (QED) is 0.235. The molecule has 4 aromatic rings. The van der Waals surface area contributed by atoms with Crippen LogP contribution in [-0.4, -0.2) is 48.7 Å². The first-order chi connectivity index (χ1) is 16.8. The average Bonchev–Trinajstić information content (AvgIpc) is 3.47. The number of carbonyl (C=O) groups is 3. The van der Waals surface area contributed by atoms with E-state index in [1.807, 2.05) is 5.38 Å². The molecule has 35 heavy (non-hydrogen) atoms. The predicted molar refractivity (Wildman–Crippen MR) is 123 cm³/mol. The van der Waals surface area contributed by atoms with E-state index in [0.717, 1.165) is 16.5 Å². The highest BCUT2D eigenvalue weighted by molar-refractivity contribution is 7.15. The van der Waals surface area contributed by atoms with Crippen molar-refractivity contribution in [1.82, 2.24) is 19.5 Å². The van der Waals surface area contributed by atoms with Gasteiger partial charge in [-0.3, -0.25) is 34.7 Å². The fourth-order valence-corrected chi connectivity index (χ4v) is 4.56. The number of hydrogen-bond acceptors (Lipinski definition) is 8. The highest BCUT2D eigenvalue weighted by Crippen LogP contribution is 2.28. The number of thiazole rings is 1. The molecule has 0 aliphatic carbocycles. The Labute approximate surface area is 200 Å². The number of fused-ring (bicyclic) bond motifs is 2. The van der Waals surface area contributed by atoms with Crippen LogP contribution in [0.2, 0.25) is 0 Å². The van der Waals surface area contributed by atoms with E-state index < -0.39 is 22.6 Å². The maximum absolute atomic E-state index is 13.2. The second-order valence-electron chi connectivity index (χ2n) is 7.66. The number of hydrogen-bond donors (Lipinski definition) is 1. The molecule has 2 aromatic carbocycles. The molecule has 3 heterocycles. The summed E-state index contributed by atoms with van der Waals surface area (Å²) in [7, 11) is 0. The Balaban J connectivity index is 1.20. The standard InChI is InChI=1S/C22H15FN6O5S/c23-13-5-3-12(4-6-13)17-11-35-22-25-21(26-28(17)22)24-18(30)2-1-9-27-19(31)15-8-7-14(29(33)34)10-16(15)20(27)32/h3-8,10-11H,1-2,9H2,(H,24,26,30). The maximum Gasteiger partial charge on any atom is 0.270 e. The van der Waals surface area contributed by atoms with E-state index in [-0.39, 0.29) is 48.0 Å². The van der Waals surface area contributed by atoms with Crippen LogP contribution >= 0.6 is 11.3 Å². The molecule has 0 atom stereocenters. The molecule has 1 aliphatic rings. The third-order valence-corrected chi connectivity index (χ3v) is 6.24. The summed E-state index contributed by atoms with van der Waals surface area (Å²) in [5.74, 6) is -1.84. The fourth-order valence-electron chi connectivity index (χ4n) is 3.73. The Morgan fingerprint density at radius 3 is 2.60 bits per heavy atom. The topological polar surface area (TPSA) is 140 Å². The molecule has 0 spiro atoms. The van der Waals surface area contributed by atoms with Gasteiger partial charge in [0.05, 0.1) is 21.7 Å². The van der Waals surface area contributed by atoms with Crippen LogP contribution in [0.1, 0.15) is 33.6 Å². The second kappa shape index (κ2) is 8.68. The molecule has 176 valence electrons. The van der Waals surface area contributed by atoms with Crippen molar-refractivity contribution >= 4 is 45.7 Å². The number of nitrogens with zero attached hydrogens (tertiary/aromatic N) is 5. The van der Waals surface area contributed by atoms with Gasteiger partial charge in [-0.25, -0.2) is 8.91 Å². The van der Waals surface area contributed by atoms with Gasteiger partial charge in [-0.2, -0.15) is 4.98 Å². The van der Waals surface area contributed by atoms with E-state index in [1.165, 1.54) is 35.6 Å². The van der Waals surface area contributed by atoms with Gasteiger partial charge in [0.1, 0.15) is 5.82 Å². The van der Waals surface area contributed by atoms with Gasteiger partial charge in [-0.05, 0) is 36.8 Å². The largest absolute Gasteiger partial charge is 0.293 e. The lowest BCUT2D eigenvalue weighted by Gasteiger charge is -2.13. The molecule has 11 nitrogen and oxygen atoms in total. The second-order valence-corrected chi connectivity index (χ2v) is 8.49. The van der Waals surface area contributed by atoms with Gasteiger partial charge in [0.15, 0.2) is 0 Å². The number of aromatic nitrogens is 3. The molecule has 2 aromatic heterocycles. The lowest BCUT2D eigenvalue weighted by atomic mass is 10.1. The molecule has 0 bridgehead atoms. The van der Waals surface area contributed by atoms with Crippen LogP contribution in [0.15, 0.2) is 47.8 Å². The van der Waals surface area contributed by atoms with Gasteiger partial charge < -0.3 is 0 Å². The number of imide groups is 1. The number of halogens is 1. The predicted octanol–water partition coefficient (Wildman–Crippen LogP) is 3.52. The minimum atomic E-state index is -0.637. The van der Waals surface area contributed by atoms with Gasteiger partial charge in [0.25, 0.3) is 17.5 Å². The first-order valence-electron chi connectivity index (χ1n) is 10.4. The molecule has 3 amide bonds. The molecule has 0 fully saturated rings. The SMILES string of the molecule is O=C(CCCN1C(=O)c2ccc([N+](=O)[O-])cc2C1=O)Nc1nc2scc(-c3ccc(F)cc3)n2n1. The van der Waals surface area contributed by atoms with E-state index in [1.54, 1.807) is 16.6 Å². The van der Waals surface area contributed by atoms with Gasteiger partial charge in [-0.15, -0.1) is 16.4 Å². The van der Waals surface area contributed by atoms with Crippen LogP contribution in [0.4, 0.5) is 16.0 Å². The molecule has 0 radical (unpaired) electrons. The van der Waals surface area contributed by atoms with Crippen molar-refractivity contribution in [2.75, 3.05) is 11.9 Å². The summed E-state index contributed by atoms with van der Waals surface area (Å²) < 4.78 is 14.7. The Bertz CT molecular complexity index is 1510. The van der Waals surface area contributed by atoms with Crippen molar-refractivity contribution in [2.24, 2.45) is 0 Å². The van der Waals surface area contributed by atoms with Crippen molar-refractivity contribution in [3.8, 4) is 11.3 Å². The summed E-state index contributed by atoms with van der Waals surface area (Å²) >= 11 is 1.31. The van der Waals surface area contributed by atoms with Crippen LogP contribution in [0, 0.1) is 15.9 Å². The number of anilines is 1. The summed E-state index contributed by atoms with van der Waals surface area (Å²) in [5, 5.41) is 19.6. The summed E-state index contributed by atoms with van der Waals surface area (Å²) in [6.07, 6.45) is 0.174. The lowest BCUT2D eigenvalue weighted by molar-refractivity contribution is -0.384. The number of nitro groups is 1. The Hall–Kier alpha value is -4.52.